The standard InChI is InChI=1S/C27H24N4O5S/c1-4-36-26(32)25-24(17-6-9-19(34-2)10-7-17)20-14-18(28-27(33)35-3)8-12-23(20)31(25)15-16-5-11-21-22(13-16)30-37-29-21/h5-14H,4,15H2,1-3H3,(H,28,33). The van der Waals surface area contributed by atoms with E-state index in [4.69, 9.17) is 14.2 Å². The predicted molar refractivity (Wildman–Crippen MR) is 142 cm³/mol. The molecule has 10 heteroatoms. The van der Waals surface area contributed by atoms with E-state index in [1.807, 2.05) is 59.2 Å². The summed E-state index contributed by atoms with van der Waals surface area (Å²) in [4.78, 5) is 25.3. The van der Waals surface area contributed by atoms with E-state index in [0.29, 0.717) is 29.2 Å². The first kappa shape index (κ1) is 24.3. The topological polar surface area (TPSA) is 105 Å². The largest absolute Gasteiger partial charge is 0.497 e. The molecule has 0 spiro atoms. The van der Waals surface area contributed by atoms with Gasteiger partial charge in [-0.05, 0) is 60.5 Å². The number of esters is 1. The van der Waals surface area contributed by atoms with Crippen LogP contribution in [0.1, 0.15) is 23.0 Å². The molecular formula is C27H24N4O5S. The molecule has 2 heterocycles. The normalized spacial score (nSPS) is 11.0. The number of methoxy groups -OCH3 is 2. The Morgan fingerprint density at radius 2 is 1.76 bits per heavy atom. The molecule has 1 N–H and O–H groups in total. The molecular weight excluding hydrogens is 492 g/mol. The van der Waals surface area contributed by atoms with Crippen molar-refractivity contribution < 1.29 is 23.8 Å². The van der Waals surface area contributed by atoms with Gasteiger partial charge in [-0.2, -0.15) is 8.75 Å². The van der Waals surface area contributed by atoms with Gasteiger partial charge in [0.15, 0.2) is 0 Å². The van der Waals surface area contributed by atoms with Gasteiger partial charge in [0.2, 0.25) is 0 Å². The highest BCUT2D eigenvalue weighted by atomic mass is 32.1. The molecule has 0 saturated carbocycles. The van der Waals surface area contributed by atoms with Gasteiger partial charge in [-0.15, -0.1) is 0 Å². The van der Waals surface area contributed by atoms with Crippen LogP contribution < -0.4 is 10.1 Å². The maximum Gasteiger partial charge on any atom is 0.411 e. The lowest BCUT2D eigenvalue weighted by Crippen LogP contribution is -2.14. The summed E-state index contributed by atoms with van der Waals surface area (Å²) in [6, 6.07) is 18.8. The van der Waals surface area contributed by atoms with Gasteiger partial charge in [-0.3, -0.25) is 5.32 Å². The number of fused-ring (bicyclic) bond motifs is 2. The van der Waals surface area contributed by atoms with Crippen molar-refractivity contribution in [1.82, 2.24) is 13.3 Å². The van der Waals surface area contributed by atoms with Crippen molar-refractivity contribution in [2.75, 3.05) is 26.1 Å². The SMILES string of the molecule is CCOC(=O)c1c(-c2ccc(OC)cc2)c2cc(NC(=O)OC)ccc2n1Cc1ccc2nsnc2c1. The Labute approximate surface area is 216 Å². The molecule has 0 atom stereocenters. The van der Waals surface area contributed by atoms with E-state index >= 15 is 0 Å². The maximum atomic E-state index is 13.4. The van der Waals surface area contributed by atoms with Crippen LogP contribution in [0.4, 0.5) is 10.5 Å². The van der Waals surface area contributed by atoms with Crippen molar-refractivity contribution in [3.8, 4) is 16.9 Å². The highest BCUT2D eigenvalue weighted by Gasteiger charge is 2.26. The van der Waals surface area contributed by atoms with E-state index in [1.165, 1.54) is 7.11 Å². The van der Waals surface area contributed by atoms with Crippen LogP contribution in [0, 0.1) is 0 Å². The number of hydrogen-bond donors (Lipinski definition) is 1. The Morgan fingerprint density at radius 3 is 2.49 bits per heavy atom. The molecule has 9 nitrogen and oxygen atoms in total. The van der Waals surface area contributed by atoms with Crippen molar-refractivity contribution in [2.45, 2.75) is 13.5 Å². The first-order valence-electron chi connectivity index (χ1n) is 11.6. The molecule has 0 bridgehead atoms. The van der Waals surface area contributed by atoms with Crippen molar-refractivity contribution in [2.24, 2.45) is 0 Å². The number of benzene rings is 3. The fraction of sp³-hybridized carbons (Fsp3) is 0.185. The number of anilines is 1. The highest BCUT2D eigenvalue weighted by Crippen LogP contribution is 2.38. The Hall–Kier alpha value is -4.44. The zero-order valence-electron chi connectivity index (χ0n) is 20.5. The predicted octanol–water partition coefficient (Wildman–Crippen LogP) is 5.72. The smallest absolute Gasteiger partial charge is 0.411 e. The van der Waals surface area contributed by atoms with E-state index in [0.717, 1.165) is 44.8 Å². The van der Waals surface area contributed by atoms with Gasteiger partial charge < -0.3 is 18.8 Å². The van der Waals surface area contributed by atoms with E-state index in [1.54, 1.807) is 20.1 Å². The molecule has 0 saturated heterocycles. The van der Waals surface area contributed by atoms with Crippen LogP contribution in [0.2, 0.25) is 0 Å². The van der Waals surface area contributed by atoms with Gasteiger partial charge >= 0.3 is 12.1 Å². The van der Waals surface area contributed by atoms with Crippen molar-refractivity contribution >= 4 is 51.4 Å². The summed E-state index contributed by atoms with van der Waals surface area (Å²) in [5.41, 5.74) is 5.85. The molecule has 5 aromatic rings. The summed E-state index contributed by atoms with van der Waals surface area (Å²) in [7, 11) is 2.91. The lowest BCUT2D eigenvalue weighted by molar-refractivity contribution is 0.0516. The average Bonchev–Trinajstić information content (AvgIpc) is 3.51. The Kier molecular flexibility index (Phi) is 6.74. The number of nitrogens with one attached hydrogen (secondary N) is 1. The number of hydrogen-bond acceptors (Lipinski definition) is 8. The van der Waals surface area contributed by atoms with Gasteiger partial charge in [-0.25, -0.2) is 9.59 Å². The summed E-state index contributed by atoms with van der Waals surface area (Å²) in [6.45, 7) is 2.41. The van der Waals surface area contributed by atoms with Crippen LogP contribution in [0.25, 0.3) is 33.1 Å². The molecule has 37 heavy (non-hydrogen) atoms. The quantitative estimate of drug-likeness (QED) is 0.276. The first-order valence-corrected chi connectivity index (χ1v) is 12.3. The fourth-order valence-electron chi connectivity index (χ4n) is 4.34. The lowest BCUT2D eigenvalue weighted by atomic mass is 10.0. The van der Waals surface area contributed by atoms with Crippen LogP contribution in [-0.4, -0.2) is 46.2 Å². The van der Waals surface area contributed by atoms with Gasteiger partial charge in [0.25, 0.3) is 0 Å². The molecule has 0 aliphatic heterocycles. The van der Waals surface area contributed by atoms with E-state index in [2.05, 4.69) is 14.1 Å². The summed E-state index contributed by atoms with van der Waals surface area (Å²) in [5, 5.41) is 3.49. The van der Waals surface area contributed by atoms with Gasteiger partial charge in [0.05, 0.1) is 32.6 Å². The summed E-state index contributed by atoms with van der Waals surface area (Å²) >= 11 is 1.16. The second kappa shape index (κ2) is 10.3. The van der Waals surface area contributed by atoms with Crippen LogP contribution >= 0.6 is 11.7 Å². The number of carbonyl (C=O) groups is 2. The number of nitrogens with zero attached hydrogens (tertiary/aromatic N) is 3. The monoisotopic (exact) mass is 516 g/mol. The molecule has 188 valence electrons. The Morgan fingerprint density at radius 1 is 0.973 bits per heavy atom. The summed E-state index contributed by atoms with van der Waals surface area (Å²) in [6.07, 6.45) is -0.583. The zero-order valence-corrected chi connectivity index (χ0v) is 21.3. The van der Waals surface area contributed by atoms with Gasteiger partial charge in [0, 0.05) is 28.7 Å². The van der Waals surface area contributed by atoms with Crippen LogP contribution in [0.15, 0.2) is 60.7 Å². The molecule has 0 aliphatic rings. The fourth-order valence-corrected chi connectivity index (χ4v) is 4.85. The third kappa shape index (κ3) is 4.70. The van der Waals surface area contributed by atoms with Crippen molar-refractivity contribution in [3.05, 3.63) is 71.9 Å². The molecule has 2 aromatic heterocycles. The average molecular weight is 517 g/mol. The Balaban J connectivity index is 1.75. The minimum Gasteiger partial charge on any atom is -0.497 e. The highest BCUT2D eigenvalue weighted by molar-refractivity contribution is 7.00. The van der Waals surface area contributed by atoms with Gasteiger partial charge in [-0.1, -0.05) is 18.2 Å². The molecule has 5 rings (SSSR count). The minimum absolute atomic E-state index is 0.230. The maximum absolute atomic E-state index is 13.4. The third-order valence-corrected chi connectivity index (χ3v) is 6.56. The van der Waals surface area contributed by atoms with E-state index < -0.39 is 12.1 Å². The summed E-state index contributed by atoms with van der Waals surface area (Å²) in [5.74, 6) is 0.256. The zero-order chi connectivity index (χ0) is 25.9. The number of amides is 1. The van der Waals surface area contributed by atoms with Gasteiger partial charge in [0.1, 0.15) is 22.5 Å². The van der Waals surface area contributed by atoms with E-state index in [-0.39, 0.29) is 6.61 Å². The number of carbonyl (C=O) groups excluding carboxylic acids is 2. The van der Waals surface area contributed by atoms with Crippen LogP contribution in [0.3, 0.4) is 0 Å². The minimum atomic E-state index is -0.583. The summed E-state index contributed by atoms with van der Waals surface area (Å²) < 4.78 is 26.2. The number of aromatic nitrogens is 3. The molecule has 3 aromatic carbocycles. The van der Waals surface area contributed by atoms with Crippen molar-refractivity contribution in [3.63, 3.8) is 0 Å². The van der Waals surface area contributed by atoms with Crippen molar-refractivity contribution in [1.29, 1.82) is 0 Å². The first-order chi connectivity index (χ1) is 18.0. The molecule has 0 radical (unpaired) electrons. The lowest BCUT2D eigenvalue weighted by Gasteiger charge is -2.12. The Bertz CT molecular complexity index is 1610. The molecule has 0 aliphatic carbocycles. The molecule has 1 amide bonds. The third-order valence-electron chi connectivity index (χ3n) is 6.00. The molecule has 0 fully saturated rings. The number of rotatable bonds is 7. The number of ether oxygens (including phenoxy) is 3. The van der Waals surface area contributed by atoms with Crippen LogP contribution in [-0.2, 0) is 16.0 Å². The second-order valence-electron chi connectivity index (χ2n) is 8.19. The molecule has 0 unspecified atom stereocenters. The second-order valence-corrected chi connectivity index (χ2v) is 8.72. The van der Waals surface area contributed by atoms with Crippen LogP contribution in [0.5, 0.6) is 5.75 Å². The van der Waals surface area contributed by atoms with E-state index in [9.17, 15) is 9.59 Å².